The molecule has 28 heavy (non-hydrogen) atoms. The van der Waals surface area contributed by atoms with E-state index in [1.807, 2.05) is 65.2 Å². The zero-order chi connectivity index (χ0) is 19.3. The first kappa shape index (κ1) is 17.4. The van der Waals surface area contributed by atoms with Crippen molar-refractivity contribution >= 4 is 16.9 Å². The number of amides is 1. The highest BCUT2D eigenvalue weighted by Crippen LogP contribution is 2.42. The zero-order valence-electron chi connectivity index (χ0n) is 15.8. The summed E-state index contributed by atoms with van der Waals surface area (Å²) in [5, 5.41) is 9.77. The van der Waals surface area contributed by atoms with E-state index < -0.39 is 0 Å². The Morgan fingerprint density at radius 2 is 2.04 bits per heavy atom. The van der Waals surface area contributed by atoms with Crippen LogP contribution in [0.25, 0.3) is 22.3 Å². The van der Waals surface area contributed by atoms with Gasteiger partial charge < -0.3 is 19.3 Å². The molecule has 3 aromatic rings. The van der Waals surface area contributed by atoms with Gasteiger partial charge >= 0.3 is 0 Å². The number of hydrogen-bond donors (Lipinski definition) is 1. The summed E-state index contributed by atoms with van der Waals surface area (Å²) in [4.78, 5) is 20.0. The fourth-order valence-corrected chi connectivity index (χ4v) is 4.49. The van der Waals surface area contributed by atoms with Crippen molar-refractivity contribution in [2.75, 3.05) is 32.9 Å². The Bertz CT molecular complexity index is 1040. The number of aliphatic hydroxyl groups excluding tert-OH is 1. The first-order valence-electron chi connectivity index (χ1n) is 9.61. The molecule has 2 aromatic heterocycles. The zero-order valence-corrected chi connectivity index (χ0v) is 15.8. The molecule has 144 valence electrons. The van der Waals surface area contributed by atoms with Gasteiger partial charge in [0.15, 0.2) is 0 Å². The molecule has 2 saturated heterocycles. The van der Waals surface area contributed by atoms with Gasteiger partial charge in [0, 0.05) is 49.8 Å². The van der Waals surface area contributed by atoms with Gasteiger partial charge in [-0.2, -0.15) is 0 Å². The largest absolute Gasteiger partial charge is 0.396 e. The summed E-state index contributed by atoms with van der Waals surface area (Å²) >= 11 is 0. The van der Waals surface area contributed by atoms with Crippen molar-refractivity contribution in [2.24, 2.45) is 18.4 Å². The summed E-state index contributed by atoms with van der Waals surface area (Å²) in [5.41, 5.74) is 4.06. The molecule has 0 saturated carbocycles. The minimum absolute atomic E-state index is 0.0227. The lowest BCUT2D eigenvalue weighted by atomic mass is 9.77. The molecule has 2 aliphatic heterocycles. The molecule has 2 aliphatic rings. The van der Waals surface area contributed by atoms with E-state index in [-0.39, 0.29) is 23.8 Å². The average Bonchev–Trinajstić information content (AvgIpc) is 3.26. The molecule has 4 heterocycles. The van der Waals surface area contributed by atoms with Gasteiger partial charge in [0.25, 0.3) is 5.91 Å². The highest BCUT2D eigenvalue weighted by Gasteiger charge is 2.52. The van der Waals surface area contributed by atoms with Crippen molar-refractivity contribution in [1.82, 2.24) is 14.5 Å². The number of aliphatic hydroxyl groups is 1. The van der Waals surface area contributed by atoms with Crippen LogP contribution in [0.5, 0.6) is 0 Å². The van der Waals surface area contributed by atoms with E-state index in [2.05, 4.69) is 0 Å². The second-order valence-corrected chi connectivity index (χ2v) is 8.00. The lowest BCUT2D eigenvalue weighted by Gasteiger charge is -2.41. The maximum atomic E-state index is 13.4. The molecule has 0 bridgehead atoms. The van der Waals surface area contributed by atoms with Crippen LogP contribution < -0.4 is 0 Å². The van der Waals surface area contributed by atoms with Gasteiger partial charge in [0.2, 0.25) is 0 Å². The number of benzene rings is 1. The molecule has 1 amide bonds. The molecule has 1 unspecified atom stereocenters. The van der Waals surface area contributed by atoms with Gasteiger partial charge in [-0.25, -0.2) is 4.98 Å². The third-order valence-corrected chi connectivity index (χ3v) is 6.23. The number of pyridine rings is 1. The smallest absolute Gasteiger partial charge is 0.257 e. The number of nitrogens with zero attached hydrogens (tertiary/aromatic N) is 3. The number of carbonyl (C=O) groups excluding carboxylic acids is 1. The number of rotatable bonds is 3. The van der Waals surface area contributed by atoms with E-state index in [1.165, 1.54) is 0 Å². The molecule has 6 heteroatoms. The normalized spacial score (nSPS) is 20.6. The van der Waals surface area contributed by atoms with E-state index in [9.17, 15) is 9.90 Å². The Labute approximate surface area is 163 Å². The standard InChI is InChI=1S/C22H23N3O3/c1-24-10-17(21(27)25-9-16(11-26)22(12-25)13-28-14-22)20-19(24)8-7-18(23-20)15-5-3-2-4-6-15/h2-8,10,16,26H,9,11-14H2,1H3. The monoisotopic (exact) mass is 377 g/mol. The molecule has 0 aliphatic carbocycles. The van der Waals surface area contributed by atoms with Crippen LogP contribution in [-0.2, 0) is 11.8 Å². The third kappa shape index (κ3) is 2.56. The van der Waals surface area contributed by atoms with Crippen LogP contribution in [0, 0.1) is 11.3 Å². The number of fused-ring (bicyclic) bond motifs is 1. The van der Waals surface area contributed by atoms with Crippen LogP contribution in [0.1, 0.15) is 10.4 Å². The predicted molar refractivity (Wildman–Crippen MR) is 106 cm³/mol. The van der Waals surface area contributed by atoms with Gasteiger partial charge in [0.05, 0.1) is 30.0 Å². The van der Waals surface area contributed by atoms with Crippen molar-refractivity contribution in [2.45, 2.75) is 0 Å². The number of hydrogen-bond acceptors (Lipinski definition) is 4. The van der Waals surface area contributed by atoms with Crippen LogP contribution >= 0.6 is 0 Å². The topological polar surface area (TPSA) is 67.6 Å². The van der Waals surface area contributed by atoms with Crippen molar-refractivity contribution in [3.8, 4) is 11.3 Å². The average molecular weight is 377 g/mol. The Morgan fingerprint density at radius 3 is 2.68 bits per heavy atom. The molecule has 6 nitrogen and oxygen atoms in total. The van der Waals surface area contributed by atoms with Gasteiger partial charge in [-0.05, 0) is 12.1 Å². The summed E-state index contributed by atoms with van der Waals surface area (Å²) in [5.74, 6) is 0.0542. The van der Waals surface area contributed by atoms with Crippen LogP contribution in [0.4, 0.5) is 0 Å². The Hall–Kier alpha value is -2.70. The fraction of sp³-hybridized carbons (Fsp3) is 0.364. The van der Waals surface area contributed by atoms with Crippen LogP contribution in [0.3, 0.4) is 0 Å². The molecular formula is C22H23N3O3. The van der Waals surface area contributed by atoms with Crippen molar-refractivity contribution in [1.29, 1.82) is 0 Å². The SMILES string of the molecule is Cn1cc(C(=O)N2CC(CO)C3(COC3)C2)c2nc(-c3ccccc3)ccc21. The molecule has 1 aromatic carbocycles. The van der Waals surface area contributed by atoms with Gasteiger partial charge in [0.1, 0.15) is 5.52 Å². The summed E-state index contributed by atoms with van der Waals surface area (Å²) in [7, 11) is 1.94. The number of likely N-dealkylation sites (tertiary alicyclic amines) is 1. The molecule has 1 N–H and O–H groups in total. The predicted octanol–water partition coefficient (Wildman–Crippen LogP) is 2.32. The van der Waals surface area contributed by atoms with Crippen molar-refractivity contribution in [3.05, 3.63) is 54.2 Å². The van der Waals surface area contributed by atoms with Crippen LogP contribution in [-0.4, -0.2) is 58.4 Å². The van der Waals surface area contributed by atoms with Gasteiger partial charge in [-0.3, -0.25) is 4.79 Å². The molecule has 2 fully saturated rings. The highest BCUT2D eigenvalue weighted by atomic mass is 16.5. The van der Waals surface area contributed by atoms with Crippen LogP contribution in [0.15, 0.2) is 48.7 Å². The highest BCUT2D eigenvalue weighted by molar-refractivity contribution is 6.06. The molecular weight excluding hydrogens is 354 g/mol. The number of aryl methyl sites for hydroxylation is 1. The van der Waals surface area contributed by atoms with Gasteiger partial charge in [-0.1, -0.05) is 30.3 Å². The van der Waals surface area contributed by atoms with E-state index in [1.54, 1.807) is 0 Å². The molecule has 1 atom stereocenters. The number of ether oxygens (including phenoxy) is 1. The number of carbonyl (C=O) groups is 1. The molecule has 0 radical (unpaired) electrons. The fourth-order valence-electron chi connectivity index (χ4n) is 4.49. The Morgan fingerprint density at radius 1 is 1.25 bits per heavy atom. The third-order valence-electron chi connectivity index (χ3n) is 6.23. The summed E-state index contributed by atoms with van der Waals surface area (Å²) in [6.45, 7) is 2.51. The summed E-state index contributed by atoms with van der Waals surface area (Å²) in [6.07, 6.45) is 1.87. The van der Waals surface area contributed by atoms with E-state index in [4.69, 9.17) is 9.72 Å². The van der Waals surface area contributed by atoms with E-state index >= 15 is 0 Å². The minimum atomic E-state index is -0.0857. The summed E-state index contributed by atoms with van der Waals surface area (Å²) < 4.78 is 7.35. The second kappa shape index (κ2) is 6.43. The second-order valence-electron chi connectivity index (χ2n) is 8.00. The van der Waals surface area contributed by atoms with Crippen LogP contribution in [0.2, 0.25) is 0 Å². The van der Waals surface area contributed by atoms with E-state index in [0.717, 1.165) is 22.3 Å². The maximum Gasteiger partial charge on any atom is 0.257 e. The Kier molecular flexibility index (Phi) is 4.00. The quantitative estimate of drug-likeness (QED) is 0.761. The molecule has 5 rings (SSSR count). The lowest BCUT2D eigenvalue weighted by molar-refractivity contribution is -0.133. The van der Waals surface area contributed by atoms with Crippen molar-refractivity contribution < 1.29 is 14.6 Å². The lowest BCUT2D eigenvalue weighted by Crippen LogP contribution is -2.50. The Balaban J connectivity index is 1.52. The first-order valence-corrected chi connectivity index (χ1v) is 9.61. The molecule has 1 spiro atoms. The minimum Gasteiger partial charge on any atom is -0.396 e. The number of aromatic nitrogens is 2. The first-order chi connectivity index (χ1) is 13.6. The van der Waals surface area contributed by atoms with Crippen molar-refractivity contribution in [3.63, 3.8) is 0 Å². The van der Waals surface area contributed by atoms with E-state index in [0.29, 0.717) is 31.9 Å². The van der Waals surface area contributed by atoms with Gasteiger partial charge in [-0.15, -0.1) is 0 Å². The summed E-state index contributed by atoms with van der Waals surface area (Å²) in [6, 6.07) is 14.0. The maximum absolute atomic E-state index is 13.4.